The Labute approximate surface area is 128 Å². The summed E-state index contributed by atoms with van der Waals surface area (Å²) < 4.78 is 5.17. The first kappa shape index (κ1) is 14.1. The molecule has 3 rings (SSSR count). The topological polar surface area (TPSA) is 86.8 Å². The SMILES string of the molecule is COc1cncc(-c2nccc(C(N)c3ccccn3)n2)c1. The quantitative estimate of drug-likeness (QED) is 0.791. The van der Waals surface area contributed by atoms with Gasteiger partial charge in [-0.2, -0.15) is 0 Å². The summed E-state index contributed by atoms with van der Waals surface area (Å²) in [6.07, 6.45) is 6.71. The zero-order valence-corrected chi connectivity index (χ0v) is 12.0. The van der Waals surface area contributed by atoms with Crippen LogP contribution >= 0.6 is 0 Å². The van der Waals surface area contributed by atoms with Crippen LogP contribution in [0, 0.1) is 0 Å². The fourth-order valence-electron chi connectivity index (χ4n) is 2.05. The third-order valence-corrected chi connectivity index (χ3v) is 3.21. The number of pyridine rings is 2. The molecule has 1 unspecified atom stereocenters. The van der Waals surface area contributed by atoms with Gasteiger partial charge < -0.3 is 10.5 Å². The predicted octanol–water partition coefficient (Wildman–Crippen LogP) is 1.99. The third kappa shape index (κ3) is 2.91. The van der Waals surface area contributed by atoms with Crippen LogP contribution < -0.4 is 10.5 Å². The molecule has 22 heavy (non-hydrogen) atoms. The summed E-state index contributed by atoms with van der Waals surface area (Å²) >= 11 is 0. The highest BCUT2D eigenvalue weighted by atomic mass is 16.5. The molecule has 0 fully saturated rings. The van der Waals surface area contributed by atoms with E-state index < -0.39 is 6.04 Å². The molecule has 0 amide bonds. The molecule has 3 heterocycles. The number of nitrogens with two attached hydrogens (primary N) is 1. The zero-order chi connectivity index (χ0) is 15.4. The van der Waals surface area contributed by atoms with Crippen molar-refractivity contribution >= 4 is 0 Å². The zero-order valence-electron chi connectivity index (χ0n) is 12.0. The highest BCUT2D eigenvalue weighted by Gasteiger charge is 2.13. The molecule has 0 bridgehead atoms. The number of methoxy groups -OCH3 is 1. The molecule has 6 nitrogen and oxygen atoms in total. The number of ether oxygens (including phenoxy) is 1. The molecule has 110 valence electrons. The van der Waals surface area contributed by atoms with Crippen LogP contribution in [-0.2, 0) is 0 Å². The van der Waals surface area contributed by atoms with E-state index in [-0.39, 0.29) is 0 Å². The van der Waals surface area contributed by atoms with E-state index in [9.17, 15) is 0 Å². The summed E-state index contributed by atoms with van der Waals surface area (Å²) in [7, 11) is 1.59. The molecule has 0 aliphatic carbocycles. The van der Waals surface area contributed by atoms with Gasteiger partial charge in [-0.25, -0.2) is 9.97 Å². The Morgan fingerprint density at radius 2 is 1.95 bits per heavy atom. The van der Waals surface area contributed by atoms with Crippen LogP contribution in [-0.4, -0.2) is 27.0 Å². The Bertz CT molecular complexity index is 763. The Hall–Kier alpha value is -2.86. The molecule has 0 radical (unpaired) electrons. The van der Waals surface area contributed by atoms with Crippen molar-refractivity contribution in [2.75, 3.05) is 7.11 Å². The van der Waals surface area contributed by atoms with E-state index in [4.69, 9.17) is 10.5 Å². The Balaban J connectivity index is 1.95. The van der Waals surface area contributed by atoms with E-state index in [0.29, 0.717) is 17.3 Å². The first-order valence-electron chi connectivity index (χ1n) is 6.77. The second kappa shape index (κ2) is 6.28. The van der Waals surface area contributed by atoms with Gasteiger partial charge in [0.05, 0.1) is 30.7 Å². The van der Waals surface area contributed by atoms with Crippen molar-refractivity contribution in [1.29, 1.82) is 0 Å². The monoisotopic (exact) mass is 293 g/mol. The molecule has 3 aromatic rings. The van der Waals surface area contributed by atoms with Crippen molar-refractivity contribution < 1.29 is 4.74 Å². The molecule has 0 aromatic carbocycles. The number of nitrogens with zero attached hydrogens (tertiary/aromatic N) is 4. The van der Waals surface area contributed by atoms with Crippen LogP contribution in [0.15, 0.2) is 55.1 Å². The lowest BCUT2D eigenvalue weighted by Crippen LogP contribution is -2.15. The second-order valence-electron chi connectivity index (χ2n) is 4.65. The number of rotatable bonds is 4. The molecule has 0 spiro atoms. The smallest absolute Gasteiger partial charge is 0.161 e. The van der Waals surface area contributed by atoms with Crippen LogP contribution in [0.3, 0.4) is 0 Å². The minimum absolute atomic E-state index is 0.401. The van der Waals surface area contributed by atoms with E-state index in [1.54, 1.807) is 38.0 Å². The van der Waals surface area contributed by atoms with Gasteiger partial charge in [0.25, 0.3) is 0 Å². The largest absolute Gasteiger partial charge is 0.495 e. The molecular weight excluding hydrogens is 278 g/mol. The fourth-order valence-corrected chi connectivity index (χ4v) is 2.05. The van der Waals surface area contributed by atoms with Crippen LogP contribution in [0.5, 0.6) is 5.75 Å². The van der Waals surface area contributed by atoms with Gasteiger partial charge in [-0.1, -0.05) is 6.07 Å². The number of aromatic nitrogens is 4. The maximum absolute atomic E-state index is 6.23. The minimum Gasteiger partial charge on any atom is -0.495 e. The number of hydrogen-bond acceptors (Lipinski definition) is 6. The molecule has 1 atom stereocenters. The normalized spacial score (nSPS) is 11.9. The van der Waals surface area contributed by atoms with Gasteiger partial charge in [-0.15, -0.1) is 0 Å². The van der Waals surface area contributed by atoms with Crippen LogP contribution in [0.25, 0.3) is 11.4 Å². The average Bonchev–Trinajstić information content (AvgIpc) is 2.62. The highest BCUT2D eigenvalue weighted by Crippen LogP contribution is 2.21. The lowest BCUT2D eigenvalue weighted by Gasteiger charge is -2.11. The Morgan fingerprint density at radius 1 is 1.05 bits per heavy atom. The van der Waals surface area contributed by atoms with Gasteiger partial charge in [0.1, 0.15) is 5.75 Å². The summed E-state index contributed by atoms with van der Waals surface area (Å²) in [5.41, 5.74) is 8.46. The van der Waals surface area contributed by atoms with Crippen LogP contribution in [0.2, 0.25) is 0 Å². The van der Waals surface area contributed by atoms with E-state index in [1.807, 2.05) is 24.3 Å². The molecule has 3 aromatic heterocycles. The first-order chi connectivity index (χ1) is 10.8. The molecular formula is C16H15N5O. The summed E-state index contributed by atoms with van der Waals surface area (Å²) in [5.74, 6) is 1.20. The average molecular weight is 293 g/mol. The fraction of sp³-hybridized carbons (Fsp3) is 0.125. The highest BCUT2D eigenvalue weighted by molar-refractivity contribution is 5.55. The van der Waals surface area contributed by atoms with Crippen molar-refractivity contribution in [3.8, 4) is 17.1 Å². The van der Waals surface area contributed by atoms with Crippen LogP contribution in [0.4, 0.5) is 0 Å². The van der Waals surface area contributed by atoms with Gasteiger partial charge >= 0.3 is 0 Å². The van der Waals surface area contributed by atoms with Crippen molar-refractivity contribution in [2.24, 2.45) is 5.73 Å². The van der Waals surface area contributed by atoms with E-state index in [1.165, 1.54) is 0 Å². The summed E-state index contributed by atoms with van der Waals surface area (Å²) in [5, 5.41) is 0. The van der Waals surface area contributed by atoms with E-state index >= 15 is 0 Å². The Kier molecular flexibility index (Phi) is 4.02. The summed E-state index contributed by atoms with van der Waals surface area (Å²) in [6.45, 7) is 0. The molecule has 0 aliphatic heterocycles. The van der Waals surface area contributed by atoms with Crippen molar-refractivity contribution in [1.82, 2.24) is 19.9 Å². The van der Waals surface area contributed by atoms with Crippen molar-refractivity contribution in [3.05, 3.63) is 66.5 Å². The molecule has 2 N–H and O–H groups in total. The molecule has 0 saturated heterocycles. The summed E-state index contributed by atoms with van der Waals surface area (Å²) in [6, 6.07) is 8.84. The molecule has 6 heteroatoms. The van der Waals surface area contributed by atoms with E-state index in [0.717, 1.165) is 11.3 Å². The standard InChI is InChI=1S/C16H15N5O/c1-22-12-8-11(9-18-10-12)16-20-7-5-14(21-16)15(17)13-4-2-3-6-19-13/h2-10,15H,17H2,1H3. The maximum Gasteiger partial charge on any atom is 0.161 e. The van der Waals surface area contributed by atoms with Crippen molar-refractivity contribution in [2.45, 2.75) is 6.04 Å². The van der Waals surface area contributed by atoms with Gasteiger partial charge in [-0.05, 0) is 24.3 Å². The maximum atomic E-state index is 6.23. The van der Waals surface area contributed by atoms with Gasteiger partial charge in [0.15, 0.2) is 5.82 Å². The molecule has 0 aliphatic rings. The van der Waals surface area contributed by atoms with Crippen molar-refractivity contribution in [3.63, 3.8) is 0 Å². The lowest BCUT2D eigenvalue weighted by atomic mass is 10.1. The van der Waals surface area contributed by atoms with Gasteiger partial charge in [-0.3, -0.25) is 9.97 Å². The lowest BCUT2D eigenvalue weighted by molar-refractivity contribution is 0.413. The minimum atomic E-state index is -0.401. The first-order valence-corrected chi connectivity index (χ1v) is 6.77. The Morgan fingerprint density at radius 3 is 2.73 bits per heavy atom. The summed E-state index contributed by atoms with van der Waals surface area (Å²) in [4.78, 5) is 17.2. The molecule has 0 saturated carbocycles. The van der Waals surface area contributed by atoms with E-state index in [2.05, 4.69) is 19.9 Å². The van der Waals surface area contributed by atoms with Gasteiger partial charge in [0, 0.05) is 24.2 Å². The van der Waals surface area contributed by atoms with Gasteiger partial charge in [0.2, 0.25) is 0 Å². The second-order valence-corrected chi connectivity index (χ2v) is 4.65. The third-order valence-electron chi connectivity index (χ3n) is 3.21. The van der Waals surface area contributed by atoms with Crippen LogP contribution in [0.1, 0.15) is 17.4 Å². The predicted molar refractivity (Wildman–Crippen MR) is 82.1 cm³/mol. The number of hydrogen-bond donors (Lipinski definition) is 1.